The van der Waals surface area contributed by atoms with Crippen molar-refractivity contribution in [1.29, 1.82) is 0 Å². The second-order valence-corrected chi connectivity index (χ2v) is 11.2. The summed E-state index contributed by atoms with van der Waals surface area (Å²) in [5.41, 5.74) is 13.1. The van der Waals surface area contributed by atoms with Crippen molar-refractivity contribution in [2.45, 2.75) is 32.1 Å². The normalized spacial score (nSPS) is 17.7. The van der Waals surface area contributed by atoms with Crippen molar-refractivity contribution < 1.29 is 0 Å². The Morgan fingerprint density at radius 1 is 0.778 bits per heavy atom. The van der Waals surface area contributed by atoms with Crippen LogP contribution in [0.1, 0.15) is 41.8 Å². The smallest absolute Gasteiger partial charge is 0.0656 e. The number of benzene rings is 1. The maximum Gasteiger partial charge on any atom is 0.0656 e. The minimum Gasteiger partial charge on any atom is -0.381 e. The molecule has 0 unspecified atom stereocenters. The van der Waals surface area contributed by atoms with Crippen LogP contribution in [0.3, 0.4) is 0 Å². The van der Waals surface area contributed by atoms with Crippen LogP contribution in [0.5, 0.6) is 0 Å². The summed E-state index contributed by atoms with van der Waals surface area (Å²) in [6, 6.07) is 17.4. The molecule has 36 heavy (non-hydrogen) atoms. The number of aromatic nitrogens is 2. The zero-order valence-corrected chi connectivity index (χ0v) is 21.4. The molecule has 0 saturated carbocycles. The van der Waals surface area contributed by atoms with Crippen LogP contribution in [0.4, 0.5) is 0 Å². The van der Waals surface area contributed by atoms with Gasteiger partial charge in [0.25, 0.3) is 0 Å². The molecule has 0 saturated heterocycles. The minimum atomic E-state index is -0.148. The van der Waals surface area contributed by atoms with E-state index in [0.29, 0.717) is 0 Å². The van der Waals surface area contributed by atoms with E-state index in [1.165, 1.54) is 65.7 Å². The van der Waals surface area contributed by atoms with E-state index in [9.17, 15) is 0 Å². The Balaban J connectivity index is 1.56. The summed E-state index contributed by atoms with van der Waals surface area (Å²) in [5.74, 6) is 0. The number of thiophene rings is 1. The molecule has 5 heteroatoms. The number of hydrogen-bond acceptors (Lipinski definition) is 5. The average Bonchev–Trinajstić information content (AvgIpc) is 3.29. The van der Waals surface area contributed by atoms with E-state index in [1.54, 1.807) is 0 Å². The second-order valence-electron chi connectivity index (χ2n) is 10.2. The molecule has 0 bridgehead atoms. The van der Waals surface area contributed by atoms with E-state index in [0.717, 1.165) is 25.9 Å². The predicted octanol–water partition coefficient (Wildman–Crippen LogP) is 6.42. The lowest BCUT2D eigenvalue weighted by molar-refractivity contribution is 0.676. The highest BCUT2D eigenvalue weighted by atomic mass is 32.1. The Kier molecular flexibility index (Phi) is 4.90. The molecule has 3 aliphatic rings. The first-order valence-corrected chi connectivity index (χ1v) is 13.5. The quantitative estimate of drug-likeness (QED) is 0.342. The molecule has 0 atom stereocenters. The van der Waals surface area contributed by atoms with Crippen LogP contribution >= 0.6 is 11.3 Å². The van der Waals surface area contributed by atoms with E-state index in [-0.39, 0.29) is 5.41 Å². The largest absolute Gasteiger partial charge is 0.381 e. The summed E-state index contributed by atoms with van der Waals surface area (Å²) in [7, 11) is 0. The van der Waals surface area contributed by atoms with Crippen LogP contribution in [0.2, 0.25) is 0 Å². The molecule has 2 N–H and O–H groups in total. The summed E-state index contributed by atoms with van der Waals surface area (Å²) in [4.78, 5) is 11.6. The molecule has 4 heterocycles. The molecule has 7 rings (SSSR count). The number of nitrogens with zero attached hydrogens (tertiary/aromatic N) is 2. The van der Waals surface area contributed by atoms with Gasteiger partial charge in [0.05, 0.1) is 11.4 Å². The third-order valence-corrected chi connectivity index (χ3v) is 9.11. The van der Waals surface area contributed by atoms with Crippen LogP contribution in [0.25, 0.3) is 32.8 Å². The molecule has 4 nitrogen and oxygen atoms in total. The maximum absolute atomic E-state index is 4.48. The zero-order chi connectivity index (χ0) is 24.3. The van der Waals surface area contributed by atoms with Gasteiger partial charge in [-0.15, -0.1) is 11.3 Å². The molecule has 3 aromatic heterocycles. The van der Waals surface area contributed by atoms with Crippen LogP contribution < -0.4 is 10.6 Å². The molecular weight excluding hydrogens is 460 g/mol. The lowest BCUT2D eigenvalue weighted by Crippen LogP contribution is -2.35. The monoisotopic (exact) mass is 488 g/mol. The van der Waals surface area contributed by atoms with Gasteiger partial charge < -0.3 is 10.6 Å². The zero-order valence-electron chi connectivity index (χ0n) is 20.6. The van der Waals surface area contributed by atoms with Crippen LogP contribution in [0.15, 0.2) is 84.6 Å². The van der Waals surface area contributed by atoms with Crippen molar-refractivity contribution in [1.82, 2.24) is 20.6 Å². The van der Waals surface area contributed by atoms with Crippen LogP contribution in [-0.2, 0) is 11.8 Å². The Labute approximate surface area is 215 Å². The molecule has 0 fully saturated rings. The fraction of sp³-hybridized carbons (Fsp3) is 0.226. The van der Waals surface area contributed by atoms with E-state index < -0.39 is 0 Å². The van der Waals surface area contributed by atoms with Gasteiger partial charge in [-0.25, -0.2) is 0 Å². The van der Waals surface area contributed by atoms with E-state index in [2.05, 4.69) is 70.8 Å². The first-order chi connectivity index (χ1) is 17.6. The third kappa shape index (κ3) is 3.12. The molecule has 1 aliphatic heterocycles. The second kappa shape index (κ2) is 8.17. The minimum absolute atomic E-state index is 0.148. The molecular formula is C31H28N4S. The molecule has 4 aromatic rings. The Hall–Kier alpha value is -3.70. The van der Waals surface area contributed by atoms with Gasteiger partial charge in [0.1, 0.15) is 0 Å². The standard InChI is InChI=1S/C31H28N4S/c1-31(2)24-10-4-3-9-21(24)27-28(35-16-15-34-27)23-12-11-22-25(19-7-5-13-32-17-19)29(36-30(22)26(23)31)20-8-6-14-33-18-20/h3-10,13-14,17-18,34-35H,11-12,15-16H2,1-2H3. The van der Waals surface area contributed by atoms with E-state index >= 15 is 0 Å². The average molecular weight is 489 g/mol. The number of fused-ring (bicyclic) bond motifs is 5. The van der Waals surface area contributed by atoms with Crippen molar-refractivity contribution in [3.05, 3.63) is 106 Å². The summed E-state index contributed by atoms with van der Waals surface area (Å²) < 4.78 is 0. The van der Waals surface area contributed by atoms with Gasteiger partial charge in [0, 0.05) is 75.3 Å². The summed E-state index contributed by atoms with van der Waals surface area (Å²) >= 11 is 1.92. The van der Waals surface area contributed by atoms with Crippen molar-refractivity contribution in [3.63, 3.8) is 0 Å². The molecule has 178 valence electrons. The number of rotatable bonds is 2. The van der Waals surface area contributed by atoms with Crippen LogP contribution in [-0.4, -0.2) is 23.1 Å². The Morgan fingerprint density at radius 2 is 1.50 bits per heavy atom. The first kappa shape index (κ1) is 21.6. The van der Waals surface area contributed by atoms with Crippen molar-refractivity contribution >= 4 is 22.6 Å². The van der Waals surface area contributed by atoms with E-state index in [4.69, 9.17) is 0 Å². The number of pyridine rings is 2. The topological polar surface area (TPSA) is 49.8 Å². The molecule has 0 spiro atoms. The lowest BCUT2D eigenvalue weighted by Gasteiger charge is -2.34. The van der Waals surface area contributed by atoms with Gasteiger partial charge in [0.2, 0.25) is 0 Å². The Morgan fingerprint density at radius 3 is 2.25 bits per heavy atom. The highest BCUT2D eigenvalue weighted by Crippen LogP contribution is 2.56. The van der Waals surface area contributed by atoms with Gasteiger partial charge in [-0.2, -0.15) is 0 Å². The van der Waals surface area contributed by atoms with Crippen LogP contribution in [0, 0.1) is 0 Å². The number of nitrogens with one attached hydrogen (secondary N) is 2. The Bertz CT molecular complexity index is 1540. The fourth-order valence-corrected chi connectivity index (χ4v) is 7.86. The van der Waals surface area contributed by atoms with Gasteiger partial charge in [-0.3, -0.25) is 9.97 Å². The van der Waals surface area contributed by atoms with Gasteiger partial charge in [-0.05, 0) is 47.2 Å². The van der Waals surface area contributed by atoms with Gasteiger partial charge in [0.15, 0.2) is 0 Å². The molecule has 1 aromatic carbocycles. The first-order valence-electron chi connectivity index (χ1n) is 12.7. The highest BCUT2D eigenvalue weighted by Gasteiger charge is 2.41. The number of allylic oxidation sites excluding steroid dienone is 2. The van der Waals surface area contributed by atoms with Gasteiger partial charge in [-0.1, -0.05) is 50.2 Å². The summed E-state index contributed by atoms with van der Waals surface area (Å²) in [6.45, 7) is 6.69. The third-order valence-electron chi connectivity index (χ3n) is 7.81. The van der Waals surface area contributed by atoms with Crippen molar-refractivity contribution in [3.8, 4) is 21.6 Å². The maximum atomic E-state index is 4.48. The summed E-state index contributed by atoms with van der Waals surface area (Å²) in [6.07, 6.45) is 9.74. The highest BCUT2D eigenvalue weighted by molar-refractivity contribution is 7.17. The predicted molar refractivity (Wildman–Crippen MR) is 148 cm³/mol. The van der Waals surface area contributed by atoms with Crippen molar-refractivity contribution in [2.75, 3.05) is 13.1 Å². The van der Waals surface area contributed by atoms with Crippen molar-refractivity contribution in [2.24, 2.45) is 0 Å². The fourth-order valence-electron chi connectivity index (χ4n) is 6.27. The lowest BCUT2D eigenvalue weighted by atomic mass is 9.71. The van der Waals surface area contributed by atoms with E-state index in [1.807, 2.05) is 48.3 Å². The van der Waals surface area contributed by atoms with Gasteiger partial charge >= 0.3 is 0 Å². The molecule has 0 radical (unpaired) electrons. The summed E-state index contributed by atoms with van der Waals surface area (Å²) in [5, 5.41) is 7.55. The SMILES string of the molecule is CC1(C)C2=C(CCc3c2sc(-c2cccnc2)c3-c2cccnc2)C2=C(NCCN2)c2ccccc21. The molecule has 0 amide bonds. The number of hydrogen-bond donors (Lipinski definition) is 2. The molecule has 2 aliphatic carbocycles.